The van der Waals surface area contributed by atoms with Crippen LogP contribution in [0, 0.1) is 0 Å². The van der Waals surface area contributed by atoms with E-state index in [2.05, 4.69) is 30.8 Å². The third-order valence-corrected chi connectivity index (χ3v) is 2.72. The summed E-state index contributed by atoms with van der Waals surface area (Å²) in [4.78, 5) is 11.1. The number of carbonyl (C=O) groups is 1. The molecular weight excluding hydrogens is 266 g/mol. The van der Waals surface area contributed by atoms with E-state index in [-0.39, 0.29) is 12.1 Å². The molecular formula is C14H20ClNO3. The van der Waals surface area contributed by atoms with Gasteiger partial charge in [0.05, 0.1) is 12.1 Å². The van der Waals surface area contributed by atoms with Crippen LogP contribution < -0.4 is 10.1 Å². The molecule has 0 saturated carbocycles. The number of nitrogens with one attached hydrogen (secondary N) is 1. The number of rotatable bonds is 5. The van der Waals surface area contributed by atoms with Crippen molar-refractivity contribution in [1.82, 2.24) is 5.32 Å². The fourth-order valence-electron chi connectivity index (χ4n) is 1.40. The molecule has 1 N–H and O–H groups in total. The summed E-state index contributed by atoms with van der Waals surface area (Å²) >= 11 is 6.10. The first kappa shape index (κ1) is 15.8. The molecule has 0 aliphatic heterocycles. The van der Waals surface area contributed by atoms with Gasteiger partial charge in [-0.1, -0.05) is 23.7 Å². The van der Waals surface area contributed by atoms with E-state index in [9.17, 15) is 4.79 Å². The van der Waals surface area contributed by atoms with E-state index < -0.39 is 5.97 Å². The molecule has 0 atom stereocenters. The SMILES string of the molecule is COC(=O)COc1c(Cl)cccc1CNC(C)(C)C. The zero-order valence-electron chi connectivity index (χ0n) is 11.7. The van der Waals surface area contributed by atoms with E-state index in [0.717, 1.165) is 5.56 Å². The van der Waals surface area contributed by atoms with Crippen LogP contribution in [-0.4, -0.2) is 25.2 Å². The van der Waals surface area contributed by atoms with Crippen molar-refractivity contribution in [3.05, 3.63) is 28.8 Å². The third kappa shape index (κ3) is 5.49. The van der Waals surface area contributed by atoms with Crippen molar-refractivity contribution in [2.75, 3.05) is 13.7 Å². The minimum absolute atomic E-state index is 0.0120. The largest absolute Gasteiger partial charge is 0.480 e. The molecule has 4 nitrogen and oxygen atoms in total. The van der Waals surface area contributed by atoms with Crippen LogP contribution in [0.4, 0.5) is 0 Å². The Morgan fingerprint density at radius 3 is 2.63 bits per heavy atom. The van der Waals surface area contributed by atoms with Gasteiger partial charge >= 0.3 is 5.97 Å². The fraction of sp³-hybridized carbons (Fsp3) is 0.500. The number of methoxy groups -OCH3 is 1. The van der Waals surface area contributed by atoms with Crippen molar-refractivity contribution >= 4 is 17.6 Å². The Balaban J connectivity index is 2.80. The zero-order valence-corrected chi connectivity index (χ0v) is 12.5. The number of para-hydroxylation sites is 1. The molecule has 0 aliphatic rings. The highest BCUT2D eigenvalue weighted by Crippen LogP contribution is 2.29. The normalized spacial score (nSPS) is 11.2. The van der Waals surface area contributed by atoms with E-state index in [4.69, 9.17) is 16.3 Å². The summed E-state index contributed by atoms with van der Waals surface area (Å²) in [5.74, 6) is 0.0842. The maximum absolute atomic E-state index is 11.1. The first-order valence-electron chi connectivity index (χ1n) is 6.05. The average molecular weight is 286 g/mol. The number of hydrogen-bond acceptors (Lipinski definition) is 4. The maximum Gasteiger partial charge on any atom is 0.343 e. The van der Waals surface area contributed by atoms with Gasteiger partial charge in [0.25, 0.3) is 0 Å². The first-order chi connectivity index (χ1) is 8.83. The number of benzene rings is 1. The van der Waals surface area contributed by atoms with Crippen LogP contribution >= 0.6 is 11.6 Å². The summed E-state index contributed by atoms with van der Waals surface area (Å²) in [7, 11) is 1.32. The molecule has 0 saturated heterocycles. The first-order valence-corrected chi connectivity index (χ1v) is 6.43. The number of carbonyl (C=O) groups excluding carboxylic acids is 1. The smallest absolute Gasteiger partial charge is 0.343 e. The molecule has 0 spiro atoms. The van der Waals surface area contributed by atoms with E-state index in [1.54, 1.807) is 6.07 Å². The van der Waals surface area contributed by atoms with Crippen LogP contribution in [0.25, 0.3) is 0 Å². The fourth-order valence-corrected chi connectivity index (χ4v) is 1.65. The summed E-state index contributed by atoms with van der Waals surface area (Å²) in [5.41, 5.74) is 0.897. The van der Waals surface area contributed by atoms with Crippen LogP contribution in [0.3, 0.4) is 0 Å². The molecule has 1 aromatic rings. The van der Waals surface area contributed by atoms with Gasteiger partial charge in [-0.25, -0.2) is 4.79 Å². The lowest BCUT2D eigenvalue weighted by Crippen LogP contribution is -2.35. The Morgan fingerprint density at radius 1 is 1.37 bits per heavy atom. The zero-order chi connectivity index (χ0) is 14.5. The molecule has 0 bridgehead atoms. The lowest BCUT2D eigenvalue weighted by Gasteiger charge is -2.22. The van der Waals surface area contributed by atoms with Gasteiger partial charge in [0.15, 0.2) is 6.61 Å². The second kappa shape index (κ2) is 6.78. The molecule has 0 unspecified atom stereocenters. The molecule has 0 fully saturated rings. The molecule has 0 aliphatic carbocycles. The van der Waals surface area contributed by atoms with Crippen LogP contribution in [0.1, 0.15) is 26.3 Å². The predicted molar refractivity (Wildman–Crippen MR) is 75.6 cm³/mol. The molecule has 1 rings (SSSR count). The average Bonchev–Trinajstić information content (AvgIpc) is 2.33. The van der Waals surface area contributed by atoms with E-state index >= 15 is 0 Å². The second-order valence-corrected chi connectivity index (χ2v) is 5.60. The summed E-state index contributed by atoms with van der Waals surface area (Å²) in [5, 5.41) is 3.84. The van der Waals surface area contributed by atoms with Crippen molar-refractivity contribution in [2.45, 2.75) is 32.9 Å². The van der Waals surface area contributed by atoms with Gasteiger partial charge in [0, 0.05) is 17.6 Å². The standard InChI is InChI=1S/C14H20ClNO3/c1-14(2,3)16-8-10-6-5-7-11(15)13(10)19-9-12(17)18-4/h5-7,16H,8-9H2,1-4H3. The maximum atomic E-state index is 11.1. The quantitative estimate of drug-likeness (QED) is 0.845. The van der Waals surface area contributed by atoms with Crippen LogP contribution in [0.5, 0.6) is 5.75 Å². The molecule has 1 aromatic carbocycles. The Kier molecular flexibility index (Phi) is 5.63. The molecule has 0 radical (unpaired) electrons. The Bertz CT molecular complexity index is 441. The van der Waals surface area contributed by atoms with Crippen molar-refractivity contribution < 1.29 is 14.3 Å². The minimum Gasteiger partial charge on any atom is -0.480 e. The number of hydrogen-bond donors (Lipinski definition) is 1. The molecule has 106 valence electrons. The van der Waals surface area contributed by atoms with Crippen molar-refractivity contribution in [2.24, 2.45) is 0 Å². The van der Waals surface area contributed by atoms with Gasteiger partial charge in [0.1, 0.15) is 5.75 Å². The lowest BCUT2D eigenvalue weighted by atomic mass is 10.1. The molecule has 0 heterocycles. The summed E-state index contributed by atoms with van der Waals surface area (Å²) in [6.07, 6.45) is 0. The third-order valence-electron chi connectivity index (χ3n) is 2.42. The van der Waals surface area contributed by atoms with Crippen molar-refractivity contribution in [1.29, 1.82) is 0 Å². The van der Waals surface area contributed by atoms with Crippen molar-refractivity contribution in [3.8, 4) is 5.75 Å². The highest BCUT2D eigenvalue weighted by atomic mass is 35.5. The van der Waals surface area contributed by atoms with Gasteiger partial charge in [-0.15, -0.1) is 0 Å². The molecule has 19 heavy (non-hydrogen) atoms. The molecule has 0 aromatic heterocycles. The van der Waals surface area contributed by atoms with E-state index in [1.165, 1.54) is 7.11 Å². The topological polar surface area (TPSA) is 47.6 Å². The summed E-state index contributed by atoms with van der Waals surface area (Å²) < 4.78 is 9.98. The van der Waals surface area contributed by atoms with Gasteiger partial charge < -0.3 is 14.8 Å². The Labute approximate surface area is 119 Å². The van der Waals surface area contributed by atoms with Gasteiger partial charge in [-0.05, 0) is 26.8 Å². The Morgan fingerprint density at radius 2 is 2.05 bits per heavy atom. The molecule has 5 heteroatoms. The highest BCUT2D eigenvalue weighted by Gasteiger charge is 2.14. The number of esters is 1. The second-order valence-electron chi connectivity index (χ2n) is 5.20. The monoisotopic (exact) mass is 285 g/mol. The van der Waals surface area contributed by atoms with Gasteiger partial charge in [-0.2, -0.15) is 0 Å². The van der Waals surface area contributed by atoms with Gasteiger partial charge in [0.2, 0.25) is 0 Å². The van der Waals surface area contributed by atoms with Gasteiger partial charge in [-0.3, -0.25) is 0 Å². The van der Waals surface area contributed by atoms with Crippen LogP contribution in [0.2, 0.25) is 5.02 Å². The van der Waals surface area contributed by atoms with Crippen molar-refractivity contribution in [3.63, 3.8) is 0 Å². The van der Waals surface area contributed by atoms with Crippen LogP contribution in [-0.2, 0) is 16.1 Å². The van der Waals surface area contributed by atoms with E-state index in [1.807, 2.05) is 12.1 Å². The predicted octanol–water partition coefficient (Wildman–Crippen LogP) is 2.78. The van der Waals surface area contributed by atoms with E-state index in [0.29, 0.717) is 17.3 Å². The number of halogens is 1. The summed E-state index contributed by atoms with van der Waals surface area (Å²) in [6.45, 7) is 6.69. The number of ether oxygens (including phenoxy) is 2. The lowest BCUT2D eigenvalue weighted by molar-refractivity contribution is -0.142. The minimum atomic E-state index is -0.436. The van der Waals surface area contributed by atoms with Crippen LogP contribution in [0.15, 0.2) is 18.2 Å². The molecule has 0 amide bonds. The Hall–Kier alpha value is -1.26. The summed E-state index contributed by atoms with van der Waals surface area (Å²) in [6, 6.07) is 5.50. The highest BCUT2D eigenvalue weighted by molar-refractivity contribution is 6.32.